The molecule has 118 valence electrons. The number of aliphatic hydroxyl groups excluding tert-OH is 1. The number of hydrogen-bond acceptors (Lipinski definition) is 4. The Hall–Kier alpha value is -1.56. The van der Waals surface area contributed by atoms with Crippen molar-refractivity contribution in [2.24, 2.45) is 13.0 Å². The molecule has 1 aliphatic rings. The molecule has 1 aromatic rings. The molecule has 0 aromatic carbocycles. The molecule has 21 heavy (non-hydrogen) atoms. The highest BCUT2D eigenvalue weighted by atomic mass is 16.5. The lowest BCUT2D eigenvalue weighted by Crippen LogP contribution is -2.41. The molecule has 1 aliphatic carbocycles. The molecule has 0 saturated heterocycles. The van der Waals surface area contributed by atoms with Crippen molar-refractivity contribution >= 4 is 5.91 Å². The zero-order valence-electron chi connectivity index (χ0n) is 13.1. The standard InChI is InChI=1S/C15H25N3O3/c1-10-13(15(21-3)18(2)17-10)14(20)16-12-8-6-4-5-7-11(12)9-19/h11-12,19H,4-9H2,1-3H3,(H,16,20). The summed E-state index contributed by atoms with van der Waals surface area (Å²) in [5.74, 6) is 0.446. The van der Waals surface area contributed by atoms with E-state index in [2.05, 4.69) is 10.4 Å². The van der Waals surface area contributed by atoms with Crippen LogP contribution in [0.25, 0.3) is 0 Å². The SMILES string of the molecule is COc1c(C(=O)NC2CCCCCC2CO)c(C)nn1C. The van der Waals surface area contributed by atoms with Gasteiger partial charge in [0.15, 0.2) is 0 Å². The van der Waals surface area contributed by atoms with Crippen molar-refractivity contribution in [1.29, 1.82) is 0 Å². The molecule has 1 heterocycles. The molecule has 1 aromatic heterocycles. The van der Waals surface area contributed by atoms with E-state index in [1.165, 1.54) is 7.11 Å². The Labute approximate surface area is 125 Å². The molecule has 1 fully saturated rings. The summed E-state index contributed by atoms with van der Waals surface area (Å²) >= 11 is 0. The second-order valence-corrected chi connectivity index (χ2v) is 5.75. The Morgan fingerprint density at radius 1 is 1.43 bits per heavy atom. The molecule has 0 radical (unpaired) electrons. The Kier molecular flexibility index (Phi) is 5.22. The van der Waals surface area contributed by atoms with Crippen LogP contribution >= 0.6 is 0 Å². The Bertz CT molecular complexity index is 499. The van der Waals surface area contributed by atoms with Crippen LogP contribution in [-0.4, -0.2) is 40.6 Å². The van der Waals surface area contributed by atoms with E-state index in [4.69, 9.17) is 4.74 Å². The van der Waals surface area contributed by atoms with Gasteiger partial charge in [0.2, 0.25) is 5.88 Å². The van der Waals surface area contributed by atoms with Gasteiger partial charge in [-0.25, -0.2) is 4.68 Å². The summed E-state index contributed by atoms with van der Waals surface area (Å²) in [7, 11) is 3.29. The first kappa shape index (κ1) is 15.8. The zero-order valence-corrected chi connectivity index (χ0v) is 13.1. The van der Waals surface area contributed by atoms with Crippen LogP contribution in [-0.2, 0) is 7.05 Å². The van der Waals surface area contributed by atoms with Crippen LogP contribution in [0.2, 0.25) is 0 Å². The van der Waals surface area contributed by atoms with Gasteiger partial charge in [0.1, 0.15) is 5.56 Å². The minimum absolute atomic E-state index is 0.0225. The highest BCUT2D eigenvalue weighted by Gasteiger charge is 2.28. The fourth-order valence-corrected chi connectivity index (χ4v) is 3.17. The molecule has 2 N–H and O–H groups in total. The van der Waals surface area contributed by atoms with Crippen LogP contribution in [0.4, 0.5) is 0 Å². The number of amides is 1. The molecular weight excluding hydrogens is 270 g/mol. The van der Waals surface area contributed by atoms with Gasteiger partial charge in [-0.2, -0.15) is 5.10 Å². The second-order valence-electron chi connectivity index (χ2n) is 5.75. The predicted octanol–water partition coefficient (Wildman–Crippen LogP) is 1.41. The maximum Gasteiger partial charge on any atom is 0.258 e. The normalized spacial score (nSPS) is 22.7. The molecule has 1 saturated carbocycles. The van der Waals surface area contributed by atoms with Gasteiger partial charge >= 0.3 is 0 Å². The van der Waals surface area contributed by atoms with Crippen molar-refractivity contribution in [3.05, 3.63) is 11.3 Å². The average Bonchev–Trinajstić information content (AvgIpc) is 2.62. The number of carbonyl (C=O) groups is 1. The Morgan fingerprint density at radius 3 is 2.81 bits per heavy atom. The number of aryl methyl sites for hydroxylation is 2. The van der Waals surface area contributed by atoms with Crippen LogP contribution in [0, 0.1) is 12.8 Å². The summed E-state index contributed by atoms with van der Waals surface area (Å²) in [4.78, 5) is 12.6. The molecule has 0 spiro atoms. The van der Waals surface area contributed by atoms with Gasteiger partial charge in [0.05, 0.1) is 12.8 Å². The van der Waals surface area contributed by atoms with Crippen molar-refractivity contribution in [2.75, 3.05) is 13.7 Å². The van der Waals surface area contributed by atoms with E-state index in [1.807, 2.05) is 0 Å². The molecule has 6 heteroatoms. The maximum absolute atomic E-state index is 12.6. The summed E-state index contributed by atoms with van der Waals surface area (Å²) in [6.45, 7) is 1.92. The maximum atomic E-state index is 12.6. The van der Waals surface area contributed by atoms with E-state index in [-0.39, 0.29) is 24.5 Å². The molecule has 2 atom stereocenters. The smallest absolute Gasteiger partial charge is 0.258 e. The monoisotopic (exact) mass is 295 g/mol. The Balaban J connectivity index is 2.16. The number of aromatic nitrogens is 2. The highest BCUT2D eigenvalue weighted by molar-refractivity contribution is 5.97. The molecule has 2 rings (SSSR count). The summed E-state index contributed by atoms with van der Waals surface area (Å²) in [6.07, 6.45) is 5.25. The van der Waals surface area contributed by atoms with Gasteiger partial charge in [0.25, 0.3) is 5.91 Å². The minimum atomic E-state index is -0.164. The molecular formula is C15H25N3O3. The van der Waals surface area contributed by atoms with E-state index in [0.29, 0.717) is 17.1 Å². The van der Waals surface area contributed by atoms with Crippen molar-refractivity contribution in [3.8, 4) is 5.88 Å². The fourth-order valence-electron chi connectivity index (χ4n) is 3.17. The number of carbonyl (C=O) groups excluding carboxylic acids is 1. The summed E-state index contributed by atoms with van der Waals surface area (Å²) in [6, 6.07) is 0.0225. The number of methoxy groups -OCH3 is 1. The number of aliphatic hydroxyl groups is 1. The average molecular weight is 295 g/mol. The Morgan fingerprint density at radius 2 is 2.14 bits per heavy atom. The molecule has 2 unspecified atom stereocenters. The van der Waals surface area contributed by atoms with Crippen LogP contribution < -0.4 is 10.1 Å². The number of nitrogens with zero attached hydrogens (tertiary/aromatic N) is 2. The largest absolute Gasteiger partial charge is 0.481 e. The molecule has 6 nitrogen and oxygen atoms in total. The van der Waals surface area contributed by atoms with Crippen LogP contribution in [0.5, 0.6) is 5.88 Å². The quantitative estimate of drug-likeness (QED) is 0.823. The highest BCUT2D eigenvalue weighted by Crippen LogP contribution is 2.25. The number of hydrogen-bond donors (Lipinski definition) is 2. The van der Waals surface area contributed by atoms with Gasteiger partial charge in [-0.3, -0.25) is 4.79 Å². The lowest BCUT2D eigenvalue weighted by Gasteiger charge is -2.24. The number of nitrogens with one attached hydrogen (secondary N) is 1. The van der Waals surface area contributed by atoms with E-state index >= 15 is 0 Å². The van der Waals surface area contributed by atoms with Crippen molar-refractivity contribution in [1.82, 2.24) is 15.1 Å². The lowest BCUT2D eigenvalue weighted by molar-refractivity contribution is 0.0895. The van der Waals surface area contributed by atoms with Crippen LogP contribution in [0.3, 0.4) is 0 Å². The van der Waals surface area contributed by atoms with Gasteiger partial charge < -0.3 is 15.2 Å². The topological polar surface area (TPSA) is 76.4 Å². The third-order valence-corrected chi connectivity index (χ3v) is 4.30. The fraction of sp³-hybridized carbons (Fsp3) is 0.733. The predicted molar refractivity (Wildman–Crippen MR) is 79.4 cm³/mol. The minimum Gasteiger partial charge on any atom is -0.481 e. The van der Waals surface area contributed by atoms with E-state index in [1.54, 1.807) is 18.7 Å². The number of ether oxygens (including phenoxy) is 1. The lowest BCUT2D eigenvalue weighted by atomic mass is 9.95. The third kappa shape index (κ3) is 3.37. The molecule has 0 bridgehead atoms. The number of rotatable bonds is 4. The van der Waals surface area contributed by atoms with Gasteiger partial charge in [-0.15, -0.1) is 0 Å². The molecule has 1 amide bonds. The summed E-state index contributed by atoms with van der Waals surface area (Å²) in [5, 5.41) is 16.8. The summed E-state index contributed by atoms with van der Waals surface area (Å²) in [5.41, 5.74) is 1.14. The van der Waals surface area contributed by atoms with E-state index in [0.717, 1.165) is 32.1 Å². The first-order chi connectivity index (χ1) is 10.1. The molecule has 0 aliphatic heterocycles. The van der Waals surface area contributed by atoms with E-state index in [9.17, 15) is 9.90 Å². The van der Waals surface area contributed by atoms with E-state index < -0.39 is 0 Å². The van der Waals surface area contributed by atoms with Gasteiger partial charge in [0, 0.05) is 25.6 Å². The van der Waals surface area contributed by atoms with Crippen LogP contribution in [0.15, 0.2) is 0 Å². The first-order valence-electron chi connectivity index (χ1n) is 7.57. The first-order valence-corrected chi connectivity index (χ1v) is 7.57. The van der Waals surface area contributed by atoms with Gasteiger partial charge in [-0.1, -0.05) is 19.3 Å². The zero-order chi connectivity index (χ0) is 15.4. The second kappa shape index (κ2) is 6.93. The van der Waals surface area contributed by atoms with Crippen molar-refractivity contribution in [2.45, 2.75) is 45.1 Å². The van der Waals surface area contributed by atoms with Gasteiger partial charge in [-0.05, 0) is 19.8 Å². The third-order valence-electron chi connectivity index (χ3n) is 4.30. The van der Waals surface area contributed by atoms with Crippen molar-refractivity contribution < 1.29 is 14.6 Å². The summed E-state index contributed by atoms with van der Waals surface area (Å²) < 4.78 is 6.85. The van der Waals surface area contributed by atoms with Crippen molar-refractivity contribution in [3.63, 3.8) is 0 Å². The van der Waals surface area contributed by atoms with Crippen LogP contribution in [0.1, 0.15) is 48.2 Å².